The Morgan fingerprint density at radius 2 is 1.57 bits per heavy atom. The molecule has 0 saturated carbocycles. The van der Waals surface area contributed by atoms with Crippen molar-refractivity contribution in [1.29, 1.82) is 0 Å². The number of nitrogens with zero attached hydrogens (tertiary/aromatic N) is 2. The molecule has 3 aromatic rings. The lowest BCUT2D eigenvalue weighted by Crippen LogP contribution is -2.39. The van der Waals surface area contributed by atoms with Gasteiger partial charge in [-0.25, -0.2) is 18.6 Å². The molecule has 0 atom stereocenters. The van der Waals surface area contributed by atoms with Gasteiger partial charge in [0.15, 0.2) is 0 Å². The number of hydrogen-bond acceptors (Lipinski definition) is 5. The van der Waals surface area contributed by atoms with Gasteiger partial charge in [0.2, 0.25) is 10.0 Å². The molecule has 12 heteroatoms. The summed E-state index contributed by atoms with van der Waals surface area (Å²) >= 11 is 18.3. The Labute approximate surface area is 216 Å². The molecule has 8 nitrogen and oxygen atoms in total. The maximum Gasteiger partial charge on any atom is 0.336 e. The van der Waals surface area contributed by atoms with Crippen LogP contribution in [0.5, 0.6) is 0 Å². The van der Waals surface area contributed by atoms with Crippen LogP contribution in [0, 0.1) is 0 Å². The van der Waals surface area contributed by atoms with E-state index in [0.717, 1.165) is 10.5 Å². The highest BCUT2D eigenvalue weighted by Gasteiger charge is 2.28. The van der Waals surface area contributed by atoms with Gasteiger partial charge >= 0.3 is 5.97 Å². The molecular weight excluding hydrogens is 537 g/mol. The first kappa shape index (κ1) is 26.7. The molecule has 3 aromatic carbocycles. The van der Waals surface area contributed by atoms with Crippen LogP contribution in [0.15, 0.2) is 76.7 Å². The number of carbonyl (C=O) groups excluding carboxylic acids is 1. The first-order valence-electron chi connectivity index (χ1n) is 9.92. The molecule has 0 unspecified atom stereocenters. The van der Waals surface area contributed by atoms with E-state index < -0.39 is 28.4 Å². The molecule has 3 rings (SSSR count). The quantitative estimate of drug-likeness (QED) is 0.294. The summed E-state index contributed by atoms with van der Waals surface area (Å²) in [5.74, 6) is -1.93. The average Bonchev–Trinajstić information content (AvgIpc) is 2.81. The third-order valence-electron chi connectivity index (χ3n) is 4.75. The van der Waals surface area contributed by atoms with Crippen molar-refractivity contribution in [2.45, 2.75) is 11.4 Å². The number of carboxylic acids is 1. The summed E-state index contributed by atoms with van der Waals surface area (Å²) in [6, 6.07) is 16.3. The zero-order valence-corrected chi connectivity index (χ0v) is 20.9. The van der Waals surface area contributed by atoms with E-state index in [1.807, 2.05) is 0 Å². The molecule has 182 valence electrons. The molecular formula is C23H18Cl3N3O5S. The highest BCUT2D eigenvalue weighted by Crippen LogP contribution is 2.28. The van der Waals surface area contributed by atoms with Crippen molar-refractivity contribution in [3.8, 4) is 0 Å². The van der Waals surface area contributed by atoms with Gasteiger partial charge in [0.25, 0.3) is 5.91 Å². The topological polar surface area (TPSA) is 116 Å². The Balaban J connectivity index is 1.86. The van der Waals surface area contributed by atoms with E-state index in [0.29, 0.717) is 10.6 Å². The van der Waals surface area contributed by atoms with Crippen molar-refractivity contribution in [1.82, 2.24) is 9.73 Å². The first-order valence-corrected chi connectivity index (χ1v) is 12.5. The summed E-state index contributed by atoms with van der Waals surface area (Å²) in [5.41, 5.74) is 2.79. The van der Waals surface area contributed by atoms with Gasteiger partial charge in [-0.2, -0.15) is 9.41 Å². The van der Waals surface area contributed by atoms with Crippen molar-refractivity contribution in [2.75, 3.05) is 6.54 Å². The lowest BCUT2D eigenvalue weighted by atomic mass is 10.1. The van der Waals surface area contributed by atoms with Crippen molar-refractivity contribution < 1.29 is 23.1 Å². The minimum Gasteiger partial charge on any atom is -0.478 e. The number of rotatable bonds is 9. The molecule has 1 amide bonds. The summed E-state index contributed by atoms with van der Waals surface area (Å²) in [5, 5.41) is 13.8. The van der Waals surface area contributed by atoms with Crippen LogP contribution in [0.4, 0.5) is 0 Å². The summed E-state index contributed by atoms with van der Waals surface area (Å²) in [7, 11) is -4.17. The molecule has 0 aliphatic heterocycles. The molecule has 0 bridgehead atoms. The molecule has 0 heterocycles. The Hall–Kier alpha value is -2.95. The minimum atomic E-state index is -4.17. The lowest BCUT2D eigenvalue weighted by Gasteiger charge is -2.22. The van der Waals surface area contributed by atoms with Gasteiger partial charge < -0.3 is 5.11 Å². The molecule has 0 aromatic heterocycles. The van der Waals surface area contributed by atoms with Crippen LogP contribution in [0.1, 0.15) is 21.5 Å². The first-order chi connectivity index (χ1) is 16.6. The van der Waals surface area contributed by atoms with E-state index in [-0.39, 0.29) is 32.6 Å². The third kappa shape index (κ3) is 6.81. The molecule has 0 spiro atoms. The molecule has 35 heavy (non-hydrogen) atoms. The van der Waals surface area contributed by atoms with Crippen LogP contribution in [0.25, 0.3) is 0 Å². The van der Waals surface area contributed by atoms with Gasteiger partial charge in [-0.3, -0.25) is 4.79 Å². The Bertz CT molecular complexity index is 1360. The molecule has 0 aliphatic rings. The predicted molar refractivity (Wildman–Crippen MR) is 135 cm³/mol. The fourth-order valence-corrected chi connectivity index (χ4v) is 5.02. The second-order valence-corrected chi connectivity index (χ2v) is 10.3. The lowest BCUT2D eigenvalue weighted by molar-refractivity contribution is -0.121. The van der Waals surface area contributed by atoms with Crippen molar-refractivity contribution in [3.63, 3.8) is 0 Å². The van der Waals surface area contributed by atoms with Crippen LogP contribution in [-0.2, 0) is 21.4 Å². The van der Waals surface area contributed by atoms with Gasteiger partial charge in [-0.15, -0.1) is 0 Å². The van der Waals surface area contributed by atoms with E-state index in [9.17, 15) is 23.1 Å². The zero-order valence-electron chi connectivity index (χ0n) is 17.9. The smallest absolute Gasteiger partial charge is 0.336 e. The number of hydrazone groups is 1. The summed E-state index contributed by atoms with van der Waals surface area (Å²) in [6.45, 7) is -0.910. The van der Waals surface area contributed by atoms with E-state index in [2.05, 4.69) is 10.5 Å². The van der Waals surface area contributed by atoms with Crippen LogP contribution >= 0.6 is 34.8 Å². The summed E-state index contributed by atoms with van der Waals surface area (Å²) in [6.07, 6.45) is 1.16. The number of benzene rings is 3. The maximum absolute atomic E-state index is 13.3. The van der Waals surface area contributed by atoms with E-state index in [1.54, 1.807) is 30.3 Å². The third-order valence-corrected chi connectivity index (χ3v) is 7.52. The Kier molecular flexibility index (Phi) is 8.87. The van der Waals surface area contributed by atoms with Crippen molar-refractivity contribution >= 4 is 62.9 Å². The predicted octanol–water partition coefficient (Wildman–Crippen LogP) is 4.69. The van der Waals surface area contributed by atoms with Crippen LogP contribution in [0.2, 0.25) is 15.1 Å². The number of amides is 1. The summed E-state index contributed by atoms with van der Waals surface area (Å²) < 4.78 is 27.6. The maximum atomic E-state index is 13.3. The molecule has 0 fully saturated rings. The number of halogens is 3. The summed E-state index contributed by atoms with van der Waals surface area (Å²) in [4.78, 5) is 23.8. The Morgan fingerprint density at radius 3 is 2.20 bits per heavy atom. The fraction of sp³-hybridized carbons (Fsp3) is 0.0870. The normalized spacial score (nSPS) is 11.7. The highest BCUT2D eigenvalue weighted by atomic mass is 35.5. The number of nitrogens with one attached hydrogen (secondary N) is 1. The van der Waals surface area contributed by atoms with Gasteiger partial charge in [-0.05, 0) is 42.5 Å². The van der Waals surface area contributed by atoms with Gasteiger partial charge in [0, 0.05) is 32.7 Å². The minimum absolute atomic E-state index is 0.00852. The Morgan fingerprint density at radius 1 is 0.943 bits per heavy atom. The second-order valence-electron chi connectivity index (χ2n) is 7.11. The standard InChI is InChI=1S/C23H18Cl3N3O5S/c24-16-8-10-17(11-9-16)35(33,34)29(13-19-20(25)6-3-7-21(19)26)14-22(30)28-27-12-15-4-1-2-5-18(15)23(31)32/h1-12H,13-14H2,(H,28,30)(H,31,32)/b27-12-. The molecule has 0 saturated heterocycles. The van der Waals surface area contributed by atoms with E-state index in [4.69, 9.17) is 34.8 Å². The van der Waals surface area contributed by atoms with Gasteiger partial charge in [0.05, 0.1) is 23.2 Å². The number of sulfonamides is 1. The number of hydrogen-bond donors (Lipinski definition) is 2. The molecule has 0 aliphatic carbocycles. The van der Waals surface area contributed by atoms with Crippen LogP contribution in [0.3, 0.4) is 0 Å². The van der Waals surface area contributed by atoms with Crippen molar-refractivity contribution in [3.05, 3.63) is 98.5 Å². The van der Waals surface area contributed by atoms with Crippen molar-refractivity contribution in [2.24, 2.45) is 5.10 Å². The average molecular weight is 555 g/mol. The number of carbonyl (C=O) groups is 2. The fourth-order valence-electron chi connectivity index (χ4n) is 3.01. The second kappa shape index (κ2) is 11.7. The molecule has 0 radical (unpaired) electrons. The monoisotopic (exact) mass is 553 g/mol. The SMILES string of the molecule is O=C(CN(Cc1c(Cl)cccc1Cl)S(=O)(=O)c1ccc(Cl)cc1)N/N=C\c1ccccc1C(=O)O. The van der Waals surface area contributed by atoms with Gasteiger partial charge in [-0.1, -0.05) is 59.1 Å². The largest absolute Gasteiger partial charge is 0.478 e. The number of aromatic carboxylic acids is 1. The highest BCUT2D eigenvalue weighted by molar-refractivity contribution is 7.89. The molecule has 2 N–H and O–H groups in total. The zero-order chi connectivity index (χ0) is 25.6. The van der Waals surface area contributed by atoms with E-state index in [1.165, 1.54) is 36.4 Å². The van der Waals surface area contributed by atoms with E-state index >= 15 is 0 Å². The van der Waals surface area contributed by atoms with Gasteiger partial charge in [0.1, 0.15) is 0 Å². The number of carboxylic acid groups (broad SMARTS) is 1. The van der Waals surface area contributed by atoms with Crippen LogP contribution < -0.4 is 5.43 Å². The van der Waals surface area contributed by atoms with Crippen LogP contribution in [-0.4, -0.2) is 42.5 Å².